The van der Waals surface area contributed by atoms with E-state index in [4.69, 9.17) is 14.7 Å². The van der Waals surface area contributed by atoms with Gasteiger partial charge >= 0.3 is 0 Å². The van der Waals surface area contributed by atoms with Gasteiger partial charge in [-0.2, -0.15) is 5.26 Å². The molecule has 0 N–H and O–H groups in total. The zero-order valence-electron chi connectivity index (χ0n) is 14.1. The Morgan fingerprint density at radius 1 is 1.00 bits per heavy atom. The van der Waals surface area contributed by atoms with Gasteiger partial charge in [0.1, 0.15) is 18.0 Å². The second kappa shape index (κ2) is 8.27. The lowest BCUT2D eigenvalue weighted by molar-refractivity contribution is -0.0258. The van der Waals surface area contributed by atoms with Crippen LogP contribution in [-0.2, 0) is 11.3 Å². The first-order valence-electron chi connectivity index (χ1n) is 8.31. The first kappa shape index (κ1) is 16.9. The lowest BCUT2D eigenvalue weighted by atomic mass is 10.1. The van der Waals surface area contributed by atoms with Crippen molar-refractivity contribution in [3.63, 3.8) is 0 Å². The van der Waals surface area contributed by atoms with E-state index in [9.17, 15) is 0 Å². The Bertz CT molecular complexity index is 858. The zero-order valence-corrected chi connectivity index (χ0v) is 14.1. The van der Waals surface area contributed by atoms with Crippen LogP contribution >= 0.6 is 0 Å². The van der Waals surface area contributed by atoms with E-state index in [-0.39, 0.29) is 18.6 Å². The van der Waals surface area contributed by atoms with Gasteiger partial charge in [-0.1, -0.05) is 42.5 Å². The fourth-order valence-corrected chi connectivity index (χ4v) is 2.62. The molecule has 0 saturated heterocycles. The Kier molecular flexibility index (Phi) is 5.61. The monoisotopic (exact) mass is 332 g/mol. The molecule has 3 aromatic rings. The molecule has 0 fully saturated rings. The van der Waals surface area contributed by atoms with E-state index in [1.54, 1.807) is 0 Å². The summed E-state index contributed by atoms with van der Waals surface area (Å²) < 4.78 is 11.8. The molecule has 2 aromatic carbocycles. The number of pyridine rings is 1. The molecule has 0 saturated carbocycles. The average molecular weight is 332 g/mol. The molecule has 0 spiro atoms. The highest BCUT2D eigenvalue weighted by Crippen LogP contribution is 2.17. The van der Waals surface area contributed by atoms with Gasteiger partial charge in [-0.3, -0.25) is 4.98 Å². The van der Waals surface area contributed by atoms with Crippen molar-refractivity contribution in [2.45, 2.75) is 32.2 Å². The molecule has 0 aliphatic rings. The van der Waals surface area contributed by atoms with Crippen molar-refractivity contribution < 1.29 is 9.47 Å². The summed E-state index contributed by atoms with van der Waals surface area (Å²) in [5.41, 5.74) is 1.78. The summed E-state index contributed by atoms with van der Waals surface area (Å²) in [5.74, 6) is 0.769. The van der Waals surface area contributed by atoms with Crippen LogP contribution in [0.3, 0.4) is 0 Å². The number of aromatic nitrogens is 1. The fraction of sp³-hybridized carbons (Fsp3) is 0.238. The molecule has 0 amide bonds. The Labute approximate surface area is 147 Å². The molecular formula is C21H20N2O2. The standard InChI is InChI=1S/C21H20N2O2/c1-16(25-19-8-3-2-4-9-19)21(13-14-22)24-15-18-12-11-17-7-5-6-10-20(17)23-18/h2-12,16,21H,13,15H2,1H3. The molecule has 4 nitrogen and oxygen atoms in total. The van der Waals surface area contributed by atoms with Crippen LogP contribution in [0.5, 0.6) is 5.75 Å². The van der Waals surface area contributed by atoms with Gasteiger partial charge in [0.2, 0.25) is 0 Å². The van der Waals surface area contributed by atoms with Crippen molar-refractivity contribution in [1.29, 1.82) is 5.26 Å². The van der Waals surface area contributed by atoms with Crippen LogP contribution in [0, 0.1) is 11.3 Å². The summed E-state index contributed by atoms with van der Waals surface area (Å²) in [6.07, 6.45) is -0.289. The molecule has 126 valence electrons. The molecule has 3 rings (SSSR count). The molecule has 2 unspecified atom stereocenters. The van der Waals surface area contributed by atoms with E-state index in [1.165, 1.54) is 0 Å². The SMILES string of the molecule is CC(Oc1ccccc1)C(CC#N)OCc1ccc2ccccc2n1. The van der Waals surface area contributed by atoms with E-state index in [2.05, 4.69) is 11.1 Å². The molecule has 2 atom stereocenters. The third kappa shape index (κ3) is 4.56. The quantitative estimate of drug-likeness (QED) is 0.639. The van der Waals surface area contributed by atoms with Crippen LogP contribution in [0.15, 0.2) is 66.7 Å². The van der Waals surface area contributed by atoms with Gasteiger partial charge < -0.3 is 9.47 Å². The molecular weight excluding hydrogens is 312 g/mol. The minimum absolute atomic E-state index is 0.234. The van der Waals surface area contributed by atoms with E-state index >= 15 is 0 Å². The summed E-state index contributed by atoms with van der Waals surface area (Å²) in [5, 5.41) is 10.2. The number of hydrogen-bond acceptors (Lipinski definition) is 4. The van der Waals surface area contributed by atoms with Crippen LogP contribution in [-0.4, -0.2) is 17.2 Å². The highest BCUT2D eigenvalue weighted by atomic mass is 16.5. The van der Waals surface area contributed by atoms with Crippen molar-refractivity contribution >= 4 is 10.9 Å². The van der Waals surface area contributed by atoms with Crippen LogP contribution in [0.4, 0.5) is 0 Å². The Hall–Kier alpha value is -2.90. The third-order valence-corrected chi connectivity index (χ3v) is 3.98. The number of ether oxygens (including phenoxy) is 2. The number of nitrogens with zero attached hydrogens (tertiary/aromatic N) is 2. The van der Waals surface area contributed by atoms with Crippen LogP contribution < -0.4 is 4.74 Å². The summed E-state index contributed by atoms with van der Waals surface area (Å²) >= 11 is 0. The first-order valence-corrected chi connectivity index (χ1v) is 8.31. The second-order valence-electron chi connectivity index (χ2n) is 5.84. The lowest BCUT2D eigenvalue weighted by Gasteiger charge is -2.23. The van der Waals surface area contributed by atoms with Gasteiger partial charge in [0, 0.05) is 5.39 Å². The maximum atomic E-state index is 9.09. The fourth-order valence-electron chi connectivity index (χ4n) is 2.62. The summed E-state index contributed by atoms with van der Waals surface area (Å²) in [6, 6.07) is 23.7. The normalized spacial score (nSPS) is 13.1. The van der Waals surface area contributed by atoms with Gasteiger partial charge in [-0.25, -0.2) is 0 Å². The van der Waals surface area contributed by atoms with Gasteiger partial charge in [0.25, 0.3) is 0 Å². The number of hydrogen-bond donors (Lipinski definition) is 0. The summed E-state index contributed by atoms with van der Waals surface area (Å²) in [7, 11) is 0. The van der Waals surface area contributed by atoms with Gasteiger partial charge in [0.05, 0.1) is 30.3 Å². The summed E-state index contributed by atoms with van der Waals surface area (Å²) in [6.45, 7) is 2.27. The smallest absolute Gasteiger partial charge is 0.123 e. The topological polar surface area (TPSA) is 55.1 Å². The van der Waals surface area contributed by atoms with Gasteiger partial charge in [0.15, 0.2) is 0 Å². The number of fused-ring (bicyclic) bond motifs is 1. The minimum Gasteiger partial charge on any atom is -0.488 e. The van der Waals surface area contributed by atoms with E-state index in [0.717, 1.165) is 22.3 Å². The van der Waals surface area contributed by atoms with Crippen LogP contribution in [0.25, 0.3) is 10.9 Å². The van der Waals surface area contributed by atoms with E-state index in [1.807, 2.05) is 73.7 Å². The Morgan fingerprint density at radius 3 is 2.56 bits per heavy atom. The second-order valence-corrected chi connectivity index (χ2v) is 5.84. The van der Waals surface area contributed by atoms with Crippen LogP contribution in [0.2, 0.25) is 0 Å². The maximum Gasteiger partial charge on any atom is 0.123 e. The molecule has 4 heteroatoms. The Morgan fingerprint density at radius 2 is 1.76 bits per heavy atom. The summed E-state index contributed by atoms with van der Waals surface area (Å²) in [4.78, 5) is 4.60. The number of benzene rings is 2. The molecule has 1 aromatic heterocycles. The van der Waals surface area contributed by atoms with Crippen LogP contribution in [0.1, 0.15) is 19.0 Å². The molecule has 0 radical (unpaired) electrons. The largest absolute Gasteiger partial charge is 0.488 e. The molecule has 0 bridgehead atoms. The molecule has 0 aliphatic carbocycles. The predicted molar refractivity (Wildman–Crippen MR) is 97.1 cm³/mol. The predicted octanol–water partition coefficient (Wildman–Crippen LogP) is 4.50. The number of para-hydroxylation sites is 2. The highest BCUT2D eigenvalue weighted by Gasteiger charge is 2.20. The van der Waals surface area contributed by atoms with Gasteiger partial charge in [-0.05, 0) is 31.2 Å². The van der Waals surface area contributed by atoms with Crippen molar-refractivity contribution in [3.8, 4) is 11.8 Å². The average Bonchev–Trinajstić information content (AvgIpc) is 2.65. The molecule has 25 heavy (non-hydrogen) atoms. The first-order chi connectivity index (χ1) is 12.3. The maximum absolute atomic E-state index is 9.09. The van der Waals surface area contributed by atoms with Crippen molar-refractivity contribution in [3.05, 3.63) is 72.4 Å². The van der Waals surface area contributed by atoms with E-state index in [0.29, 0.717) is 6.61 Å². The zero-order chi connectivity index (χ0) is 17.5. The molecule has 1 heterocycles. The Balaban J connectivity index is 1.65. The third-order valence-electron chi connectivity index (χ3n) is 3.98. The number of nitriles is 1. The van der Waals surface area contributed by atoms with Crippen molar-refractivity contribution in [1.82, 2.24) is 4.98 Å². The highest BCUT2D eigenvalue weighted by molar-refractivity contribution is 5.78. The lowest BCUT2D eigenvalue weighted by Crippen LogP contribution is -2.31. The van der Waals surface area contributed by atoms with Gasteiger partial charge in [-0.15, -0.1) is 0 Å². The van der Waals surface area contributed by atoms with Crippen molar-refractivity contribution in [2.75, 3.05) is 0 Å². The number of rotatable bonds is 7. The van der Waals surface area contributed by atoms with E-state index < -0.39 is 0 Å². The molecule has 0 aliphatic heterocycles. The minimum atomic E-state index is -0.321. The van der Waals surface area contributed by atoms with Crippen molar-refractivity contribution in [2.24, 2.45) is 0 Å².